The number of nitrogens with zero attached hydrogens (tertiary/aromatic N) is 7. The Kier molecular flexibility index (Phi) is 8.04. The summed E-state index contributed by atoms with van der Waals surface area (Å²) in [4.78, 5) is 24.9. The number of pyridine rings is 2. The van der Waals surface area contributed by atoms with E-state index in [1.165, 1.54) is 0 Å². The van der Waals surface area contributed by atoms with Gasteiger partial charge in [0, 0.05) is 63.6 Å². The zero-order valence-corrected chi connectivity index (χ0v) is 21.2. The van der Waals surface area contributed by atoms with Crippen LogP contribution in [0, 0.1) is 0 Å². The molecular weight excluding hydrogens is 475 g/mol. The standard InChI is InChI=1S/C26H35FN8O2/c1-18(37)22-13-20-15-29-26(32-24(20)25(30-22)35-6-2-3-21(27)17-35)31-23-5-4-19(14-28-23)16-34-9-7-33(8-10-34)11-12-36/h4-5,13-15,18,21,36-37H,2-3,6-12,16-17H2,1H3,(H,28,29,31,32)/t18-,21-/m1/s1. The van der Waals surface area contributed by atoms with Gasteiger partial charge in [0.1, 0.15) is 17.5 Å². The van der Waals surface area contributed by atoms with Crippen molar-refractivity contribution in [2.45, 2.75) is 38.6 Å². The molecule has 2 atom stereocenters. The van der Waals surface area contributed by atoms with E-state index in [1.54, 1.807) is 19.2 Å². The van der Waals surface area contributed by atoms with E-state index < -0.39 is 12.3 Å². The van der Waals surface area contributed by atoms with Gasteiger partial charge in [0.2, 0.25) is 5.95 Å². The molecule has 5 rings (SSSR count). The van der Waals surface area contributed by atoms with Crippen LogP contribution in [0.3, 0.4) is 0 Å². The van der Waals surface area contributed by atoms with Gasteiger partial charge in [0.15, 0.2) is 5.82 Å². The number of anilines is 3. The summed E-state index contributed by atoms with van der Waals surface area (Å²) in [7, 11) is 0. The summed E-state index contributed by atoms with van der Waals surface area (Å²) in [5.41, 5.74) is 2.26. The Bertz CT molecular complexity index is 1190. The van der Waals surface area contributed by atoms with E-state index in [0.717, 1.165) is 56.6 Å². The van der Waals surface area contributed by atoms with Crippen LogP contribution in [0.1, 0.15) is 37.1 Å². The number of fused-ring (bicyclic) bond motifs is 1. The summed E-state index contributed by atoms with van der Waals surface area (Å²) in [5, 5.41) is 23.2. The molecular formula is C26H35FN8O2. The fraction of sp³-hybridized carbons (Fsp3) is 0.538. The maximum Gasteiger partial charge on any atom is 0.229 e. The second kappa shape index (κ2) is 11.6. The molecule has 3 aromatic rings. The fourth-order valence-corrected chi connectivity index (χ4v) is 4.93. The average molecular weight is 511 g/mol. The van der Waals surface area contributed by atoms with Crippen LogP contribution in [-0.2, 0) is 6.54 Å². The van der Waals surface area contributed by atoms with Crippen LogP contribution in [0.4, 0.5) is 22.0 Å². The molecule has 0 amide bonds. The number of alkyl halides is 1. The number of halogens is 1. The Balaban J connectivity index is 1.30. The van der Waals surface area contributed by atoms with Crippen molar-refractivity contribution in [3.63, 3.8) is 0 Å². The summed E-state index contributed by atoms with van der Waals surface area (Å²) in [6.45, 7) is 8.26. The SMILES string of the molecule is C[C@@H](O)c1cc2cnc(Nc3ccc(CN4CCN(CCO)CC4)cn3)nc2c(N2CCC[C@@H](F)C2)n1. The first kappa shape index (κ1) is 25.7. The molecule has 3 aromatic heterocycles. The van der Waals surface area contributed by atoms with Crippen molar-refractivity contribution in [2.24, 2.45) is 0 Å². The smallest absolute Gasteiger partial charge is 0.229 e. The highest BCUT2D eigenvalue weighted by Crippen LogP contribution is 2.30. The summed E-state index contributed by atoms with van der Waals surface area (Å²) >= 11 is 0. The lowest BCUT2D eigenvalue weighted by Gasteiger charge is -2.34. The van der Waals surface area contributed by atoms with Crippen LogP contribution in [0.25, 0.3) is 10.9 Å². The number of nitrogens with one attached hydrogen (secondary N) is 1. The number of hydrogen-bond acceptors (Lipinski definition) is 10. The number of β-amino-alcohol motifs (C(OH)–C–C–N with tert-alkyl or cyclic N) is 1. The number of aliphatic hydroxyl groups excluding tert-OH is 2. The lowest BCUT2D eigenvalue weighted by molar-refractivity contribution is 0.108. The third-order valence-corrected chi connectivity index (χ3v) is 7.01. The summed E-state index contributed by atoms with van der Waals surface area (Å²) in [5.74, 6) is 1.59. The zero-order chi connectivity index (χ0) is 25.8. The average Bonchev–Trinajstić information content (AvgIpc) is 2.90. The third-order valence-electron chi connectivity index (χ3n) is 7.01. The van der Waals surface area contributed by atoms with Crippen molar-refractivity contribution in [3.8, 4) is 0 Å². The maximum absolute atomic E-state index is 14.2. The van der Waals surface area contributed by atoms with E-state index in [1.807, 2.05) is 23.2 Å². The molecule has 0 radical (unpaired) electrons. The van der Waals surface area contributed by atoms with Crippen molar-refractivity contribution < 1.29 is 14.6 Å². The van der Waals surface area contributed by atoms with Crippen molar-refractivity contribution in [1.29, 1.82) is 0 Å². The van der Waals surface area contributed by atoms with Gasteiger partial charge in [-0.25, -0.2) is 24.3 Å². The number of aliphatic hydroxyl groups is 2. The largest absolute Gasteiger partial charge is 0.395 e. The molecule has 11 heteroatoms. The number of rotatable bonds is 8. The summed E-state index contributed by atoms with van der Waals surface area (Å²) in [6, 6.07) is 5.74. The number of piperidine rings is 1. The molecule has 5 heterocycles. The fourth-order valence-electron chi connectivity index (χ4n) is 4.93. The molecule has 0 saturated carbocycles. The van der Waals surface area contributed by atoms with Crippen molar-refractivity contribution in [3.05, 3.63) is 41.9 Å². The molecule has 198 valence electrons. The second-order valence-corrected chi connectivity index (χ2v) is 9.88. The highest BCUT2D eigenvalue weighted by atomic mass is 19.1. The topological polar surface area (TPSA) is 114 Å². The predicted molar refractivity (Wildman–Crippen MR) is 141 cm³/mol. The monoisotopic (exact) mass is 510 g/mol. The minimum absolute atomic E-state index is 0.205. The van der Waals surface area contributed by atoms with E-state index >= 15 is 0 Å². The number of piperazine rings is 1. The first-order valence-corrected chi connectivity index (χ1v) is 13.0. The van der Waals surface area contributed by atoms with E-state index in [9.17, 15) is 9.50 Å². The maximum atomic E-state index is 14.2. The van der Waals surface area contributed by atoms with Gasteiger partial charge in [-0.1, -0.05) is 6.07 Å². The molecule has 0 aliphatic carbocycles. The molecule has 37 heavy (non-hydrogen) atoms. The van der Waals surface area contributed by atoms with Gasteiger partial charge in [0.05, 0.1) is 24.9 Å². The van der Waals surface area contributed by atoms with Crippen LogP contribution < -0.4 is 10.2 Å². The van der Waals surface area contributed by atoms with Crippen LogP contribution in [0.2, 0.25) is 0 Å². The van der Waals surface area contributed by atoms with E-state index in [0.29, 0.717) is 41.8 Å². The molecule has 2 saturated heterocycles. The molecule has 10 nitrogen and oxygen atoms in total. The van der Waals surface area contributed by atoms with Crippen molar-refractivity contribution >= 4 is 28.5 Å². The highest BCUT2D eigenvalue weighted by Gasteiger charge is 2.24. The molecule has 2 fully saturated rings. The Labute approximate surface area is 216 Å². The van der Waals surface area contributed by atoms with Crippen LogP contribution in [0.5, 0.6) is 0 Å². The molecule has 0 spiro atoms. The minimum atomic E-state index is -0.910. The first-order valence-electron chi connectivity index (χ1n) is 13.0. The Morgan fingerprint density at radius 1 is 1.08 bits per heavy atom. The molecule has 3 N–H and O–H groups in total. The Morgan fingerprint density at radius 2 is 1.89 bits per heavy atom. The quantitative estimate of drug-likeness (QED) is 0.417. The van der Waals surface area contributed by atoms with E-state index in [-0.39, 0.29) is 13.2 Å². The van der Waals surface area contributed by atoms with Gasteiger partial charge in [-0.05, 0) is 37.5 Å². The molecule has 0 aromatic carbocycles. The van der Waals surface area contributed by atoms with Crippen molar-refractivity contribution in [2.75, 3.05) is 62.6 Å². The van der Waals surface area contributed by atoms with E-state index in [2.05, 4.69) is 30.1 Å². The predicted octanol–water partition coefficient (Wildman–Crippen LogP) is 2.26. The van der Waals surface area contributed by atoms with Gasteiger partial charge in [-0.3, -0.25) is 9.80 Å². The second-order valence-electron chi connectivity index (χ2n) is 9.88. The summed E-state index contributed by atoms with van der Waals surface area (Å²) in [6.07, 6.45) is 3.19. The van der Waals surface area contributed by atoms with Gasteiger partial charge < -0.3 is 20.4 Å². The number of hydrogen-bond donors (Lipinski definition) is 3. The van der Waals surface area contributed by atoms with Crippen LogP contribution in [0.15, 0.2) is 30.6 Å². The number of aromatic nitrogens is 4. The molecule has 2 aliphatic heterocycles. The summed E-state index contributed by atoms with van der Waals surface area (Å²) < 4.78 is 14.2. The molecule has 2 aliphatic rings. The van der Waals surface area contributed by atoms with Gasteiger partial charge in [0.25, 0.3) is 0 Å². The normalized spacial score (nSPS) is 20.3. The van der Waals surface area contributed by atoms with Gasteiger partial charge in [-0.2, -0.15) is 0 Å². The molecule has 0 unspecified atom stereocenters. The Hall–Kier alpha value is -2.99. The van der Waals surface area contributed by atoms with Crippen molar-refractivity contribution in [1.82, 2.24) is 29.7 Å². The third kappa shape index (κ3) is 6.30. The first-order chi connectivity index (χ1) is 18.0. The minimum Gasteiger partial charge on any atom is -0.395 e. The molecule has 0 bridgehead atoms. The van der Waals surface area contributed by atoms with Gasteiger partial charge in [-0.15, -0.1) is 0 Å². The van der Waals surface area contributed by atoms with E-state index in [4.69, 9.17) is 10.1 Å². The highest BCUT2D eigenvalue weighted by molar-refractivity contribution is 5.89. The zero-order valence-electron chi connectivity index (χ0n) is 21.2. The van der Waals surface area contributed by atoms with Gasteiger partial charge >= 0.3 is 0 Å². The lowest BCUT2D eigenvalue weighted by Crippen LogP contribution is -2.46. The van der Waals surface area contributed by atoms with Crippen LogP contribution >= 0.6 is 0 Å². The van der Waals surface area contributed by atoms with Crippen LogP contribution in [-0.4, -0.2) is 98.5 Å². The Morgan fingerprint density at radius 3 is 2.59 bits per heavy atom. The lowest BCUT2D eigenvalue weighted by atomic mass is 10.1.